The number of sulfonamides is 1. The minimum absolute atomic E-state index is 0.0125. The van der Waals surface area contributed by atoms with Gasteiger partial charge in [0.05, 0.1) is 40.5 Å². The van der Waals surface area contributed by atoms with Gasteiger partial charge in [-0.3, -0.25) is 9.10 Å². The van der Waals surface area contributed by atoms with Gasteiger partial charge in [0.1, 0.15) is 18.0 Å². The molecule has 0 aromatic heterocycles. The largest absolute Gasteiger partial charge is 0.497 e. The van der Waals surface area contributed by atoms with E-state index in [9.17, 15) is 13.2 Å². The van der Waals surface area contributed by atoms with Gasteiger partial charge < -0.3 is 14.8 Å². The monoisotopic (exact) mass is 494 g/mol. The summed E-state index contributed by atoms with van der Waals surface area (Å²) in [5.74, 6) is 0.0183. The van der Waals surface area contributed by atoms with Crippen molar-refractivity contribution in [3.05, 3.63) is 76.8 Å². The van der Waals surface area contributed by atoms with Gasteiger partial charge in [0.25, 0.3) is 10.0 Å². The zero-order chi connectivity index (χ0) is 23.3. The van der Waals surface area contributed by atoms with Crippen LogP contribution in [0.1, 0.15) is 0 Å². The SMILES string of the molecule is COc1ccc(OC)c(N(CC(=O)Nc2cccc(Cl)c2Cl)S(=O)(=O)c2ccccc2)c1. The lowest BCUT2D eigenvalue weighted by atomic mass is 10.2. The van der Waals surface area contributed by atoms with E-state index in [-0.39, 0.29) is 32.1 Å². The fraction of sp³-hybridized carbons (Fsp3) is 0.136. The molecule has 0 aliphatic heterocycles. The molecule has 0 aliphatic carbocycles. The number of nitrogens with zero attached hydrogens (tertiary/aromatic N) is 1. The van der Waals surface area contributed by atoms with Crippen molar-refractivity contribution in [1.29, 1.82) is 0 Å². The second kappa shape index (κ2) is 10.1. The molecule has 0 saturated carbocycles. The number of hydrogen-bond donors (Lipinski definition) is 1. The molecule has 3 aromatic carbocycles. The molecule has 0 bridgehead atoms. The van der Waals surface area contributed by atoms with Crippen LogP contribution in [0.3, 0.4) is 0 Å². The molecule has 10 heteroatoms. The van der Waals surface area contributed by atoms with Gasteiger partial charge >= 0.3 is 0 Å². The lowest BCUT2D eigenvalue weighted by Crippen LogP contribution is -2.38. The number of halogens is 2. The Bertz CT molecular complexity index is 1220. The van der Waals surface area contributed by atoms with Crippen LogP contribution in [0, 0.1) is 0 Å². The normalized spacial score (nSPS) is 11.0. The number of amides is 1. The molecule has 0 atom stereocenters. The molecule has 7 nitrogen and oxygen atoms in total. The second-order valence-corrected chi connectivity index (χ2v) is 9.16. The number of nitrogens with one attached hydrogen (secondary N) is 1. The van der Waals surface area contributed by atoms with Crippen LogP contribution in [0.4, 0.5) is 11.4 Å². The highest BCUT2D eigenvalue weighted by Gasteiger charge is 2.30. The second-order valence-electron chi connectivity index (χ2n) is 6.51. The fourth-order valence-electron chi connectivity index (χ4n) is 2.93. The number of benzene rings is 3. The van der Waals surface area contributed by atoms with Gasteiger partial charge in [0.2, 0.25) is 5.91 Å². The summed E-state index contributed by atoms with van der Waals surface area (Å²) in [5.41, 5.74) is 0.405. The highest BCUT2D eigenvalue weighted by atomic mass is 35.5. The van der Waals surface area contributed by atoms with Crippen molar-refractivity contribution in [3.63, 3.8) is 0 Å². The minimum atomic E-state index is -4.14. The first kappa shape index (κ1) is 23.7. The third kappa shape index (κ3) is 5.09. The first-order valence-corrected chi connectivity index (χ1v) is 11.5. The summed E-state index contributed by atoms with van der Waals surface area (Å²) >= 11 is 12.2. The Morgan fingerprint density at radius 2 is 1.69 bits per heavy atom. The smallest absolute Gasteiger partial charge is 0.264 e. The molecule has 0 radical (unpaired) electrons. The topological polar surface area (TPSA) is 84.9 Å². The molecule has 32 heavy (non-hydrogen) atoms. The van der Waals surface area contributed by atoms with E-state index in [1.807, 2.05) is 0 Å². The molecule has 0 unspecified atom stereocenters. The van der Waals surface area contributed by atoms with E-state index in [1.165, 1.54) is 32.4 Å². The summed E-state index contributed by atoms with van der Waals surface area (Å²) in [6.07, 6.45) is 0. The fourth-order valence-corrected chi connectivity index (χ4v) is 4.72. The van der Waals surface area contributed by atoms with Crippen LogP contribution in [-0.2, 0) is 14.8 Å². The van der Waals surface area contributed by atoms with Crippen LogP contribution in [0.5, 0.6) is 11.5 Å². The van der Waals surface area contributed by atoms with Gasteiger partial charge in [-0.25, -0.2) is 8.42 Å². The van der Waals surface area contributed by atoms with Gasteiger partial charge in [-0.15, -0.1) is 0 Å². The third-order valence-electron chi connectivity index (χ3n) is 4.50. The van der Waals surface area contributed by atoms with E-state index in [2.05, 4.69) is 5.32 Å². The van der Waals surface area contributed by atoms with Gasteiger partial charge in [0, 0.05) is 6.07 Å². The number of carbonyl (C=O) groups excluding carboxylic acids is 1. The quantitative estimate of drug-likeness (QED) is 0.483. The Morgan fingerprint density at radius 1 is 0.969 bits per heavy atom. The third-order valence-corrected chi connectivity index (χ3v) is 7.09. The highest BCUT2D eigenvalue weighted by molar-refractivity contribution is 7.92. The molecule has 0 heterocycles. The van der Waals surface area contributed by atoms with Crippen LogP contribution >= 0.6 is 23.2 Å². The maximum absolute atomic E-state index is 13.5. The number of rotatable bonds is 8. The van der Waals surface area contributed by atoms with Crippen molar-refractivity contribution in [2.45, 2.75) is 4.90 Å². The average molecular weight is 495 g/mol. The van der Waals surface area contributed by atoms with E-state index in [1.54, 1.807) is 48.5 Å². The van der Waals surface area contributed by atoms with Crippen molar-refractivity contribution < 1.29 is 22.7 Å². The molecule has 0 aliphatic rings. The summed E-state index contributed by atoms with van der Waals surface area (Å²) < 4.78 is 38.6. The predicted molar refractivity (Wildman–Crippen MR) is 126 cm³/mol. The Hall–Kier alpha value is -2.94. The van der Waals surface area contributed by atoms with Gasteiger partial charge in [-0.2, -0.15) is 0 Å². The molecule has 0 saturated heterocycles. The Morgan fingerprint density at radius 3 is 2.34 bits per heavy atom. The zero-order valence-corrected chi connectivity index (χ0v) is 19.5. The number of ether oxygens (including phenoxy) is 2. The van der Waals surface area contributed by atoms with Crippen molar-refractivity contribution in [2.75, 3.05) is 30.4 Å². The summed E-state index contributed by atoms with van der Waals surface area (Å²) in [6.45, 7) is -0.552. The summed E-state index contributed by atoms with van der Waals surface area (Å²) in [5, 5.41) is 3.02. The van der Waals surface area contributed by atoms with E-state index < -0.39 is 22.5 Å². The standard InChI is InChI=1S/C22H20Cl2N2O5S/c1-30-15-11-12-20(31-2)19(13-15)26(32(28,29)16-7-4-3-5-8-16)14-21(27)25-18-10-6-9-17(23)22(18)24/h3-13H,14H2,1-2H3,(H,25,27). The lowest BCUT2D eigenvalue weighted by Gasteiger charge is -2.26. The Labute approximate surface area is 196 Å². The van der Waals surface area contributed by atoms with E-state index >= 15 is 0 Å². The van der Waals surface area contributed by atoms with Crippen LogP contribution < -0.4 is 19.1 Å². The molecule has 168 valence electrons. The summed E-state index contributed by atoms with van der Waals surface area (Å²) in [6, 6.07) is 17.2. The number of carbonyl (C=O) groups is 1. The molecule has 1 N–H and O–H groups in total. The number of hydrogen-bond acceptors (Lipinski definition) is 5. The van der Waals surface area contributed by atoms with E-state index in [0.29, 0.717) is 5.75 Å². The van der Waals surface area contributed by atoms with Crippen molar-refractivity contribution in [1.82, 2.24) is 0 Å². The molecule has 0 spiro atoms. The molecule has 1 amide bonds. The van der Waals surface area contributed by atoms with Crippen LogP contribution in [0.15, 0.2) is 71.6 Å². The average Bonchev–Trinajstić information content (AvgIpc) is 2.80. The summed E-state index contributed by atoms with van der Waals surface area (Å²) in [7, 11) is -1.28. The van der Waals surface area contributed by atoms with E-state index in [0.717, 1.165) is 4.31 Å². The van der Waals surface area contributed by atoms with Crippen molar-refractivity contribution in [2.24, 2.45) is 0 Å². The number of methoxy groups -OCH3 is 2. The number of anilines is 2. The maximum atomic E-state index is 13.5. The summed E-state index contributed by atoms with van der Waals surface area (Å²) in [4.78, 5) is 12.9. The van der Waals surface area contributed by atoms with Gasteiger partial charge in [-0.1, -0.05) is 47.5 Å². The van der Waals surface area contributed by atoms with Gasteiger partial charge in [0.15, 0.2) is 0 Å². The highest BCUT2D eigenvalue weighted by Crippen LogP contribution is 2.36. The molecule has 0 fully saturated rings. The zero-order valence-electron chi connectivity index (χ0n) is 17.2. The van der Waals surface area contributed by atoms with Crippen LogP contribution in [0.25, 0.3) is 0 Å². The van der Waals surface area contributed by atoms with E-state index in [4.69, 9.17) is 32.7 Å². The van der Waals surface area contributed by atoms with Crippen molar-refractivity contribution >= 4 is 50.5 Å². The maximum Gasteiger partial charge on any atom is 0.264 e. The lowest BCUT2D eigenvalue weighted by molar-refractivity contribution is -0.114. The first-order valence-electron chi connectivity index (χ1n) is 9.31. The molecule has 3 aromatic rings. The minimum Gasteiger partial charge on any atom is -0.497 e. The predicted octanol–water partition coefficient (Wildman–Crippen LogP) is 4.84. The first-order chi connectivity index (χ1) is 15.3. The Kier molecular flexibility index (Phi) is 7.50. The molecular weight excluding hydrogens is 475 g/mol. The molecule has 3 rings (SSSR count). The van der Waals surface area contributed by atoms with Crippen LogP contribution in [0.2, 0.25) is 10.0 Å². The van der Waals surface area contributed by atoms with Crippen molar-refractivity contribution in [3.8, 4) is 11.5 Å². The Balaban J connectivity index is 2.05. The van der Waals surface area contributed by atoms with Crippen LogP contribution in [-0.4, -0.2) is 35.1 Å². The van der Waals surface area contributed by atoms with Gasteiger partial charge in [-0.05, 0) is 36.4 Å². The molecular formula is C22H20Cl2N2O5S.